The van der Waals surface area contributed by atoms with Crippen molar-refractivity contribution in [1.29, 1.82) is 0 Å². The van der Waals surface area contributed by atoms with Crippen LogP contribution in [0.25, 0.3) is 10.8 Å². The molecule has 2 unspecified atom stereocenters. The molecule has 184 valence electrons. The highest BCUT2D eigenvalue weighted by molar-refractivity contribution is 7.93. The Hall–Kier alpha value is -3.10. The maximum Gasteiger partial charge on any atom is 0.264 e. The van der Waals surface area contributed by atoms with Gasteiger partial charge >= 0.3 is 0 Å². The number of rotatable bonds is 7. The Morgan fingerprint density at radius 1 is 1.06 bits per heavy atom. The summed E-state index contributed by atoms with van der Waals surface area (Å²) in [5.74, 6) is -0.0614. The molecule has 1 saturated heterocycles. The minimum Gasteiger partial charge on any atom is -0.496 e. The van der Waals surface area contributed by atoms with Crippen molar-refractivity contribution in [2.75, 3.05) is 38.1 Å². The average molecular weight is 494 g/mol. The molecule has 0 bridgehead atoms. The zero-order valence-corrected chi connectivity index (χ0v) is 20.9. The Balaban J connectivity index is 1.42. The number of methoxy groups -OCH3 is 1. The molecule has 0 spiro atoms. The van der Waals surface area contributed by atoms with E-state index >= 15 is 0 Å². The zero-order valence-electron chi connectivity index (χ0n) is 20.1. The first kappa shape index (κ1) is 23.6. The maximum atomic E-state index is 14.0. The second kappa shape index (κ2) is 9.51. The van der Waals surface area contributed by atoms with Crippen molar-refractivity contribution in [2.45, 2.75) is 36.1 Å². The van der Waals surface area contributed by atoms with Crippen LogP contribution in [0.2, 0.25) is 0 Å². The number of anilines is 1. The van der Waals surface area contributed by atoms with Crippen LogP contribution in [0.4, 0.5) is 5.69 Å². The highest BCUT2D eigenvalue weighted by Gasteiger charge is 2.40. The molecule has 5 rings (SSSR count). The summed E-state index contributed by atoms with van der Waals surface area (Å²) in [4.78, 5) is 15.7. The molecule has 35 heavy (non-hydrogen) atoms. The predicted molar refractivity (Wildman–Crippen MR) is 137 cm³/mol. The first-order chi connectivity index (χ1) is 16.9. The maximum absolute atomic E-state index is 14.0. The number of hydrogen-bond acceptors (Lipinski definition) is 5. The number of ether oxygens (including phenoxy) is 1. The lowest BCUT2D eigenvalue weighted by atomic mass is 10.0. The van der Waals surface area contributed by atoms with Crippen molar-refractivity contribution in [3.05, 3.63) is 66.2 Å². The first-order valence-corrected chi connectivity index (χ1v) is 13.5. The van der Waals surface area contributed by atoms with Crippen LogP contribution in [-0.4, -0.2) is 59.1 Å². The smallest absolute Gasteiger partial charge is 0.264 e. The van der Waals surface area contributed by atoms with Crippen molar-refractivity contribution in [2.24, 2.45) is 0 Å². The molecule has 1 N–H and O–H groups in total. The van der Waals surface area contributed by atoms with Gasteiger partial charge in [0.05, 0.1) is 30.2 Å². The molecule has 8 heteroatoms. The number of nitrogens with zero attached hydrogens (tertiary/aromatic N) is 2. The van der Waals surface area contributed by atoms with Crippen molar-refractivity contribution in [3.8, 4) is 5.75 Å². The summed E-state index contributed by atoms with van der Waals surface area (Å²) in [6.45, 7) is 1.76. The number of carbonyl (C=O) groups is 1. The van der Waals surface area contributed by atoms with Gasteiger partial charge in [-0.05, 0) is 56.6 Å². The van der Waals surface area contributed by atoms with E-state index in [4.69, 9.17) is 4.74 Å². The van der Waals surface area contributed by atoms with Gasteiger partial charge in [-0.25, -0.2) is 8.42 Å². The van der Waals surface area contributed by atoms with Gasteiger partial charge in [0.25, 0.3) is 10.0 Å². The average Bonchev–Trinajstić information content (AvgIpc) is 3.47. The summed E-state index contributed by atoms with van der Waals surface area (Å²) in [7, 11) is -0.226. The van der Waals surface area contributed by atoms with Gasteiger partial charge in [0.2, 0.25) is 5.91 Å². The van der Waals surface area contributed by atoms with Gasteiger partial charge in [-0.2, -0.15) is 0 Å². The quantitative estimate of drug-likeness (QED) is 0.543. The molecule has 0 aromatic heterocycles. The van der Waals surface area contributed by atoms with Gasteiger partial charge in [0.1, 0.15) is 5.75 Å². The van der Waals surface area contributed by atoms with E-state index in [9.17, 15) is 13.2 Å². The number of amides is 1. The SMILES string of the molecule is COc1ccc(S(=O)(=O)N2CC(C(=O)NCCC3CCCN3C)c3ccccc32)c2ccccc12. The number of sulfonamides is 1. The number of hydrogen-bond donors (Lipinski definition) is 1. The summed E-state index contributed by atoms with van der Waals surface area (Å²) >= 11 is 0. The number of para-hydroxylation sites is 1. The largest absolute Gasteiger partial charge is 0.496 e. The molecule has 1 amide bonds. The van der Waals surface area contributed by atoms with Crippen molar-refractivity contribution in [1.82, 2.24) is 10.2 Å². The van der Waals surface area contributed by atoms with Crippen LogP contribution in [0, 0.1) is 0 Å². The minimum absolute atomic E-state index is 0.0806. The Labute approximate surface area is 206 Å². The summed E-state index contributed by atoms with van der Waals surface area (Å²) in [6.07, 6.45) is 3.24. The molecule has 0 radical (unpaired) electrons. The minimum atomic E-state index is -3.92. The second-order valence-corrected chi connectivity index (χ2v) is 11.1. The van der Waals surface area contributed by atoms with E-state index < -0.39 is 15.9 Å². The van der Waals surface area contributed by atoms with Gasteiger partial charge in [0, 0.05) is 23.4 Å². The van der Waals surface area contributed by atoms with Gasteiger partial charge in [-0.3, -0.25) is 9.10 Å². The molecule has 1 fully saturated rings. The van der Waals surface area contributed by atoms with Crippen LogP contribution in [0.1, 0.15) is 30.7 Å². The third kappa shape index (κ3) is 4.25. The number of fused-ring (bicyclic) bond motifs is 2. The van der Waals surface area contributed by atoms with Crippen LogP contribution in [0.15, 0.2) is 65.6 Å². The van der Waals surface area contributed by atoms with Gasteiger partial charge in [-0.15, -0.1) is 0 Å². The Morgan fingerprint density at radius 2 is 1.80 bits per heavy atom. The standard InChI is InChI=1S/C27H31N3O4S/c1-29-17-7-8-19(29)15-16-28-27(31)23-18-30(24-12-6-5-9-20(23)24)35(32,33)26-14-13-25(34-2)21-10-3-4-11-22(21)26/h3-6,9-14,19,23H,7-8,15-18H2,1-2H3,(H,28,31). The van der Waals surface area contributed by atoms with E-state index in [2.05, 4.69) is 17.3 Å². The fourth-order valence-corrected chi connectivity index (χ4v) is 7.12. The third-order valence-corrected chi connectivity index (χ3v) is 9.16. The summed E-state index contributed by atoms with van der Waals surface area (Å²) in [5, 5.41) is 4.39. The predicted octanol–water partition coefficient (Wildman–Crippen LogP) is 3.74. The molecule has 3 aromatic rings. The Morgan fingerprint density at radius 3 is 2.54 bits per heavy atom. The topological polar surface area (TPSA) is 79.0 Å². The monoisotopic (exact) mass is 493 g/mol. The third-order valence-electron chi connectivity index (χ3n) is 7.33. The molecule has 2 aliphatic rings. The van der Waals surface area contributed by atoms with E-state index in [-0.39, 0.29) is 17.3 Å². The van der Waals surface area contributed by atoms with Gasteiger partial charge < -0.3 is 15.0 Å². The van der Waals surface area contributed by atoms with E-state index in [0.717, 1.165) is 30.3 Å². The summed E-state index contributed by atoms with van der Waals surface area (Å²) in [6, 6.07) is 18.4. The van der Waals surface area contributed by atoms with Crippen molar-refractivity contribution < 1.29 is 17.9 Å². The highest BCUT2D eigenvalue weighted by Crippen LogP contribution is 2.41. The number of nitrogens with one attached hydrogen (secondary N) is 1. The van der Waals surface area contributed by atoms with Gasteiger partial charge in [-0.1, -0.05) is 42.5 Å². The molecule has 0 saturated carbocycles. The van der Waals surface area contributed by atoms with Crippen LogP contribution in [0.5, 0.6) is 5.75 Å². The fourth-order valence-electron chi connectivity index (χ4n) is 5.42. The number of carbonyl (C=O) groups excluding carboxylic acids is 1. The van der Waals surface area contributed by atoms with Crippen molar-refractivity contribution >= 4 is 32.4 Å². The molecule has 7 nitrogen and oxygen atoms in total. The number of likely N-dealkylation sites (tertiary alicyclic amines) is 1. The lowest BCUT2D eigenvalue weighted by Crippen LogP contribution is -2.37. The van der Waals surface area contributed by atoms with Crippen molar-refractivity contribution in [3.63, 3.8) is 0 Å². The summed E-state index contributed by atoms with van der Waals surface area (Å²) in [5.41, 5.74) is 1.30. The van der Waals surface area contributed by atoms with Crippen LogP contribution >= 0.6 is 0 Å². The van der Waals surface area contributed by atoms with Gasteiger partial charge in [0.15, 0.2) is 0 Å². The Bertz CT molecular complexity index is 1360. The molecule has 2 aliphatic heterocycles. The highest BCUT2D eigenvalue weighted by atomic mass is 32.2. The normalized spacial score (nSPS) is 20.2. The van der Waals surface area contributed by atoms with Crippen LogP contribution in [-0.2, 0) is 14.8 Å². The van der Waals surface area contributed by atoms with E-state index in [1.165, 1.54) is 10.7 Å². The number of benzene rings is 3. The van der Waals surface area contributed by atoms with Crippen LogP contribution in [0.3, 0.4) is 0 Å². The molecule has 2 heterocycles. The molecule has 3 aromatic carbocycles. The molecule has 0 aliphatic carbocycles. The molecule has 2 atom stereocenters. The summed E-state index contributed by atoms with van der Waals surface area (Å²) < 4.78 is 34.7. The van der Waals surface area contributed by atoms with E-state index in [0.29, 0.717) is 29.4 Å². The lowest BCUT2D eigenvalue weighted by molar-refractivity contribution is -0.122. The lowest BCUT2D eigenvalue weighted by Gasteiger charge is -2.22. The molecular weight excluding hydrogens is 462 g/mol. The Kier molecular flexibility index (Phi) is 6.42. The zero-order chi connectivity index (χ0) is 24.6. The second-order valence-electron chi connectivity index (χ2n) is 9.32. The first-order valence-electron chi connectivity index (χ1n) is 12.1. The van der Waals surface area contributed by atoms with E-state index in [1.54, 1.807) is 31.4 Å². The van der Waals surface area contributed by atoms with E-state index in [1.807, 2.05) is 36.4 Å². The fraction of sp³-hybridized carbons (Fsp3) is 0.370. The molecular formula is C27H31N3O4S. The van der Waals surface area contributed by atoms with Crippen LogP contribution < -0.4 is 14.4 Å².